The first-order valence-electron chi connectivity index (χ1n) is 10.1. The van der Waals surface area contributed by atoms with Gasteiger partial charge in [0.2, 0.25) is 0 Å². The van der Waals surface area contributed by atoms with Crippen LogP contribution in [0.5, 0.6) is 0 Å². The summed E-state index contributed by atoms with van der Waals surface area (Å²) in [6.07, 6.45) is 0. The minimum atomic E-state index is -0.323. The zero-order valence-electron chi connectivity index (χ0n) is 18.4. The summed E-state index contributed by atoms with van der Waals surface area (Å²) in [5.74, 6) is 0. The molecule has 0 saturated heterocycles. The second-order valence-electron chi connectivity index (χ2n) is 7.21. The minimum absolute atomic E-state index is 0.000520. The molecule has 24 heavy (non-hydrogen) atoms. The minimum Gasteiger partial charge on any atom is -0.456 e. The summed E-state index contributed by atoms with van der Waals surface area (Å²) in [4.78, 5) is 0. The van der Waals surface area contributed by atoms with E-state index in [1.54, 1.807) is 6.92 Å². The van der Waals surface area contributed by atoms with Crippen molar-refractivity contribution in [2.45, 2.75) is 33.1 Å². The molecule has 0 spiro atoms. The second-order valence-corrected chi connectivity index (χ2v) is 7.21. The fourth-order valence-corrected chi connectivity index (χ4v) is 3.25. The van der Waals surface area contributed by atoms with Gasteiger partial charge in [0.15, 0.2) is 0 Å². The van der Waals surface area contributed by atoms with Crippen LogP contribution >= 0.6 is 0 Å². The Morgan fingerprint density at radius 1 is 0.875 bits per heavy atom. The van der Waals surface area contributed by atoms with Gasteiger partial charge in [-0.25, -0.2) is 0 Å². The lowest BCUT2D eigenvalue weighted by Crippen LogP contribution is -2.13. The number of benzene rings is 3. The van der Waals surface area contributed by atoms with Gasteiger partial charge in [-0.3, -0.25) is 0 Å². The summed E-state index contributed by atoms with van der Waals surface area (Å²) < 4.78 is 39.7. The normalized spacial score (nSPS) is 14.5. The molecule has 0 atom stereocenters. The van der Waals surface area contributed by atoms with Gasteiger partial charge >= 0.3 is 0 Å². The summed E-state index contributed by atoms with van der Waals surface area (Å²) in [6.45, 7) is 7.84. The molecular formula is C23H22O. The maximum absolute atomic E-state index is 8.51. The number of rotatable bonds is 1. The van der Waals surface area contributed by atoms with Gasteiger partial charge in [-0.2, -0.15) is 0 Å². The van der Waals surface area contributed by atoms with Crippen molar-refractivity contribution in [1.29, 1.82) is 0 Å². The first kappa shape index (κ1) is 11.1. The molecule has 1 nitrogen and oxygen atoms in total. The molecule has 1 heteroatoms. The van der Waals surface area contributed by atoms with Crippen LogP contribution < -0.4 is 0 Å². The molecule has 4 rings (SSSR count). The van der Waals surface area contributed by atoms with Crippen LogP contribution in [0.2, 0.25) is 0 Å². The molecule has 0 aliphatic carbocycles. The lowest BCUT2D eigenvalue weighted by atomic mass is 9.80. The van der Waals surface area contributed by atoms with Crippen molar-refractivity contribution in [3.63, 3.8) is 0 Å². The van der Waals surface area contributed by atoms with Crippen molar-refractivity contribution >= 4 is 21.9 Å². The van der Waals surface area contributed by atoms with Gasteiger partial charge in [0, 0.05) is 16.3 Å². The van der Waals surface area contributed by atoms with E-state index in [9.17, 15) is 0 Å². The molecule has 1 aromatic heterocycles. The number of fused-ring (bicyclic) bond motifs is 3. The van der Waals surface area contributed by atoms with Gasteiger partial charge in [0.25, 0.3) is 0 Å². The van der Waals surface area contributed by atoms with Crippen molar-refractivity contribution in [2.75, 3.05) is 0 Å². The van der Waals surface area contributed by atoms with Crippen LogP contribution in [0.4, 0.5) is 0 Å². The predicted molar refractivity (Wildman–Crippen MR) is 103 cm³/mol. The molecule has 0 N–H and O–H groups in total. The quantitative estimate of drug-likeness (QED) is 0.373. The van der Waals surface area contributed by atoms with Crippen LogP contribution in [0.15, 0.2) is 65.0 Å². The standard InChI is InChI=1S/C23H22O/c1-15-9-11-16(12-10-15)17-13-14-19-18-7-5-6-8-20(18)24-22(19)21(17)23(2,3)4/h5-14H,1-4H3/i9D,10D,11D,12D. The molecule has 0 amide bonds. The number of hydrogen-bond donors (Lipinski definition) is 0. The van der Waals surface area contributed by atoms with E-state index in [0.29, 0.717) is 16.7 Å². The largest absolute Gasteiger partial charge is 0.456 e. The fraction of sp³-hybridized carbons (Fsp3) is 0.217. The molecule has 3 aromatic carbocycles. The van der Waals surface area contributed by atoms with Gasteiger partial charge < -0.3 is 4.42 Å². The third-order valence-corrected chi connectivity index (χ3v) is 4.32. The Balaban J connectivity index is 2.19. The maximum atomic E-state index is 8.51. The smallest absolute Gasteiger partial charge is 0.139 e. The average Bonchev–Trinajstić information content (AvgIpc) is 3.02. The summed E-state index contributed by atoms with van der Waals surface area (Å²) in [5, 5.41) is 2.02. The first-order valence-corrected chi connectivity index (χ1v) is 8.15. The Hall–Kier alpha value is -2.54. The molecule has 0 aliphatic rings. The first-order chi connectivity index (χ1) is 13.1. The van der Waals surface area contributed by atoms with E-state index in [4.69, 9.17) is 9.90 Å². The monoisotopic (exact) mass is 318 g/mol. The molecule has 4 aromatic rings. The molecule has 0 saturated carbocycles. The topological polar surface area (TPSA) is 13.1 Å². The zero-order valence-corrected chi connectivity index (χ0v) is 14.4. The van der Waals surface area contributed by atoms with Gasteiger partial charge in [0.05, 0.1) is 5.48 Å². The van der Waals surface area contributed by atoms with Gasteiger partial charge in [0.1, 0.15) is 11.2 Å². The molecule has 0 unspecified atom stereocenters. The van der Waals surface area contributed by atoms with Crippen molar-refractivity contribution in [3.8, 4) is 11.1 Å². The highest BCUT2D eigenvalue weighted by Gasteiger charge is 2.25. The van der Waals surface area contributed by atoms with Crippen LogP contribution in [0, 0.1) is 6.92 Å². The number of para-hydroxylation sites is 1. The van der Waals surface area contributed by atoms with E-state index < -0.39 is 0 Å². The summed E-state index contributed by atoms with van der Waals surface area (Å²) in [5.41, 5.74) is 3.49. The summed E-state index contributed by atoms with van der Waals surface area (Å²) >= 11 is 0. The van der Waals surface area contributed by atoms with Gasteiger partial charge in [-0.05, 0) is 35.6 Å². The Labute approximate surface area is 148 Å². The highest BCUT2D eigenvalue weighted by atomic mass is 16.3. The molecule has 1 heterocycles. The Morgan fingerprint density at radius 2 is 1.58 bits per heavy atom. The van der Waals surface area contributed by atoms with E-state index in [0.717, 1.165) is 27.5 Å². The van der Waals surface area contributed by atoms with E-state index in [1.807, 2.05) is 36.4 Å². The molecular weight excluding hydrogens is 292 g/mol. The molecule has 0 radical (unpaired) electrons. The van der Waals surface area contributed by atoms with Crippen LogP contribution in [-0.2, 0) is 5.41 Å². The van der Waals surface area contributed by atoms with Crippen molar-refractivity contribution in [3.05, 3.63) is 71.7 Å². The third kappa shape index (κ3) is 2.32. The Morgan fingerprint density at radius 3 is 2.29 bits per heavy atom. The molecule has 0 fully saturated rings. The van der Waals surface area contributed by atoms with Gasteiger partial charge in [-0.15, -0.1) is 0 Å². The van der Waals surface area contributed by atoms with Crippen molar-refractivity contribution < 1.29 is 9.90 Å². The second kappa shape index (κ2) is 5.24. The van der Waals surface area contributed by atoms with Crippen molar-refractivity contribution in [2.24, 2.45) is 0 Å². The summed E-state index contributed by atoms with van der Waals surface area (Å²) in [6, 6.07) is 11.7. The van der Waals surface area contributed by atoms with Crippen LogP contribution in [0.1, 0.15) is 37.4 Å². The average molecular weight is 318 g/mol. The lowest BCUT2D eigenvalue weighted by molar-refractivity contribution is 0.574. The zero-order chi connectivity index (χ0) is 20.4. The van der Waals surface area contributed by atoms with Crippen molar-refractivity contribution in [1.82, 2.24) is 0 Å². The SMILES string of the molecule is [2H]c1c([2H])c(-c2ccc3c(oc4ccccc43)c2C(C)(C)C)c([2H])c([2H])c1C. The predicted octanol–water partition coefficient (Wildman–Crippen LogP) is 6.86. The Kier molecular flexibility index (Phi) is 2.42. The number of hydrogen-bond acceptors (Lipinski definition) is 1. The molecule has 0 bridgehead atoms. The molecule has 0 aliphatic heterocycles. The lowest BCUT2D eigenvalue weighted by Gasteiger charge is -2.23. The van der Waals surface area contributed by atoms with Crippen LogP contribution in [0.3, 0.4) is 0 Å². The number of furan rings is 1. The summed E-state index contributed by atoms with van der Waals surface area (Å²) in [7, 11) is 0. The third-order valence-electron chi connectivity index (χ3n) is 4.32. The van der Waals surface area contributed by atoms with Crippen LogP contribution in [-0.4, -0.2) is 0 Å². The van der Waals surface area contributed by atoms with Gasteiger partial charge in [-0.1, -0.05) is 74.8 Å². The van der Waals surface area contributed by atoms with E-state index in [-0.39, 0.29) is 29.6 Å². The molecule has 120 valence electrons. The van der Waals surface area contributed by atoms with E-state index >= 15 is 0 Å². The Bertz CT molecular complexity index is 1220. The fourth-order valence-electron chi connectivity index (χ4n) is 3.25. The van der Waals surface area contributed by atoms with Crippen LogP contribution in [0.25, 0.3) is 33.1 Å². The maximum Gasteiger partial charge on any atom is 0.139 e. The highest BCUT2D eigenvalue weighted by Crippen LogP contribution is 2.41. The highest BCUT2D eigenvalue weighted by molar-refractivity contribution is 6.07. The van der Waals surface area contributed by atoms with E-state index in [2.05, 4.69) is 20.8 Å². The van der Waals surface area contributed by atoms with E-state index in [1.165, 1.54) is 0 Å².